The molecule has 0 spiro atoms. The molecular formula is C26H17Br2O6P. The van der Waals surface area contributed by atoms with Crippen molar-refractivity contribution in [2.24, 2.45) is 0 Å². The lowest BCUT2D eigenvalue weighted by atomic mass is 10.0. The van der Waals surface area contributed by atoms with E-state index >= 15 is 0 Å². The first-order chi connectivity index (χ1) is 16.7. The van der Waals surface area contributed by atoms with Crippen molar-refractivity contribution in [1.82, 2.24) is 0 Å². The van der Waals surface area contributed by atoms with Gasteiger partial charge < -0.3 is 9.05 Å². The molecule has 0 amide bonds. The number of halogens is 2. The largest absolute Gasteiger partial charge is 0.584 e. The number of hydrogen-bond donors (Lipinski definition) is 1. The van der Waals surface area contributed by atoms with E-state index < -0.39 is 7.82 Å². The van der Waals surface area contributed by atoms with Gasteiger partial charge in [-0.25, -0.2) is 4.57 Å². The first kappa shape index (κ1) is 25.1. The van der Waals surface area contributed by atoms with Crippen molar-refractivity contribution in [3.05, 3.63) is 128 Å². The Kier molecular flexibility index (Phi) is 7.67. The van der Waals surface area contributed by atoms with Gasteiger partial charge in [-0.2, -0.15) is 0 Å². The Morgan fingerprint density at radius 2 is 0.971 bits per heavy atom. The van der Waals surface area contributed by atoms with Gasteiger partial charge in [-0.15, -0.1) is 0 Å². The van der Waals surface area contributed by atoms with Crippen molar-refractivity contribution < 1.29 is 28.1 Å². The van der Waals surface area contributed by atoms with Crippen LogP contribution in [-0.4, -0.2) is 16.5 Å². The van der Waals surface area contributed by atoms with Gasteiger partial charge >= 0.3 is 7.82 Å². The van der Waals surface area contributed by atoms with Crippen LogP contribution in [0.4, 0.5) is 0 Å². The molecule has 0 fully saturated rings. The normalized spacial score (nSPS) is 11.1. The lowest BCUT2D eigenvalue weighted by Crippen LogP contribution is -2.04. The summed E-state index contributed by atoms with van der Waals surface area (Å²) in [7, 11) is -4.61. The van der Waals surface area contributed by atoms with Crippen molar-refractivity contribution in [2.75, 3.05) is 0 Å². The van der Waals surface area contributed by atoms with Crippen molar-refractivity contribution in [3.8, 4) is 11.5 Å². The van der Waals surface area contributed by atoms with Crippen LogP contribution in [-0.2, 0) is 4.57 Å². The van der Waals surface area contributed by atoms with Crippen LogP contribution >= 0.6 is 39.7 Å². The molecule has 35 heavy (non-hydrogen) atoms. The third kappa shape index (κ3) is 6.16. The summed E-state index contributed by atoms with van der Waals surface area (Å²) in [6.45, 7) is 0. The molecule has 0 atom stereocenters. The highest BCUT2D eigenvalue weighted by molar-refractivity contribution is 9.11. The molecule has 0 radical (unpaired) electrons. The van der Waals surface area contributed by atoms with Gasteiger partial charge in [0, 0.05) is 22.3 Å². The van der Waals surface area contributed by atoms with Gasteiger partial charge in [0.05, 0.1) is 8.95 Å². The minimum Gasteiger partial charge on any atom is -0.394 e. The Hall–Kier alpha value is -3.03. The molecule has 0 bridgehead atoms. The van der Waals surface area contributed by atoms with Crippen molar-refractivity contribution >= 4 is 51.2 Å². The summed E-state index contributed by atoms with van der Waals surface area (Å²) in [4.78, 5) is 35.6. The van der Waals surface area contributed by atoms with Crippen LogP contribution in [0.25, 0.3) is 0 Å². The summed E-state index contributed by atoms with van der Waals surface area (Å²) in [6, 6.07) is 26.3. The maximum absolute atomic E-state index is 12.7. The molecule has 0 unspecified atom stereocenters. The number of benzene rings is 4. The van der Waals surface area contributed by atoms with E-state index in [4.69, 9.17) is 9.05 Å². The van der Waals surface area contributed by atoms with Gasteiger partial charge in [0.25, 0.3) is 0 Å². The summed E-state index contributed by atoms with van der Waals surface area (Å²) in [5, 5.41) is 0. The van der Waals surface area contributed by atoms with E-state index in [1.165, 1.54) is 36.4 Å². The molecule has 0 saturated carbocycles. The zero-order valence-electron chi connectivity index (χ0n) is 17.9. The number of rotatable bonds is 8. The highest BCUT2D eigenvalue weighted by Crippen LogP contribution is 2.48. The zero-order chi connectivity index (χ0) is 25.0. The van der Waals surface area contributed by atoms with Gasteiger partial charge in [0.15, 0.2) is 11.6 Å². The molecule has 1 N–H and O–H groups in total. The minimum atomic E-state index is -4.61. The lowest BCUT2D eigenvalue weighted by Gasteiger charge is -2.16. The van der Waals surface area contributed by atoms with Gasteiger partial charge in [-0.05, 0) is 68.3 Å². The number of phosphoric acid groups is 1. The third-order valence-electron chi connectivity index (χ3n) is 4.89. The zero-order valence-corrected chi connectivity index (χ0v) is 22.0. The fraction of sp³-hybridized carbons (Fsp3) is 0. The van der Waals surface area contributed by atoms with E-state index in [0.29, 0.717) is 31.2 Å². The molecule has 176 valence electrons. The van der Waals surface area contributed by atoms with Crippen LogP contribution in [0.1, 0.15) is 31.8 Å². The second-order valence-corrected chi connectivity index (χ2v) is 10.3. The van der Waals surface area contributed by atoms with Crippen LogP contribution in [0.15, 0.2) is 106 Å². The molecule has 0 aromatic heterocycles. The molecule has 6 nitrogen and oxygen atoms in total. The summed E-state index contributed by atoms with van der Waals surface area (Å²) < 4.78 is 23.7. The second kappa shape index (κ2) is 10.7. The highest BCUT2D eigenvalue weighted by Gasteiger charge is 2.28. The molecular weight excluding hydrogens is 599 g/mol. The molecule has 0 aliphatic heterocycles. The third-order valence-corrected chi connectivity index (χ3v) is 6.98. The topological polar surface area (TPSA) is 89.9 Å². The van der Waals surface area contributed by atoms with Crippen molar-refractivity contribution in [2.45, 2.75) is 0 Å². The Morgan fingerprint density at radius 3 is 1.31 bits per heavy atom. The lowest BCUT2D eigenvalue weighted by molar-refractivity contribution is 0.103. The Bertz CT molecular complexity index is 1330. The second-order valence-electron chi connectivity index (χ2n) is 7.33. The van der Waals surface area contributed by atoms with Gasteiger partial charge in [-0.1, -0.05) is 60.7 Å². The van der Waals surface area contributed by atoms with E-state index in [9.17, 15) is 19.0 Å². The minimum absolute atomic E-state index is 0.0208. The molecule has 0 aliphatic carbocycles. The Morgan fingerprint density at radius 1 is 0.600 bits per heavy atom. The molecule has 0 aliphatic rings. The maximum atomic E-state index is 12.7. The number of carbonyl (C=O) groups is 2. The van der Waals surface area contributed by atoms with E-state index in [1.807, 2.05) is 12.1 Å². The first-order valence-corrected chi connectivity index (χ1v) is 13.3. The standard InChI is InChI=1S/C26H17Br2O6P/c27-21-15-19(25(29)17-7-3-1-4-8-17)11-13-23(21)33-35(31,32)34-24-14-12-20(16-22(24)28)26(30)18-9-5-2-6-10-18/h1-16H,(H,31,32). The molecule has 0 saturated heterocycles. The summed E-state index contributed by atoms with van der Waals surface area (Å²) >= 11 is 6.55. The summed E-state index contributed by atoms with van der Waals surface area (Å²) in [5.41, 5.74) is 1.79. The highest BCUT2D eigenvalue weighted by atomic mass is 79.9. The fourth-order valence-electron chi connectivity index (χ4n) is 3.21. The summed E-state index contributed by atoms with van der Waals surface area (Å²) in [5.74, 6) is -0.356. The average molecular weight is 616 g/mol. The van der Waals surface area contributed by atoms with Crippen molar-refractivity contribution in [3.63, 3.8) is 0 Å². The number of carbonyl (C=O) groups excluding carboxylic acids is 2. The van der Waals surface area contributed by atoms with Gasteiger partial charge in [0.2, 0.25) is 0 Å². The van der Waals surface area contributed by atoms with E-state index in [0.717, 1.165) is 0 Å². The van der Waals surface area contributed by atoms with Crippen LogP contribution in [0.2, 0.25) is 0 Å². The molecule has 4 aromatic rings. The van der Waals surface area contributed by atoms with Crippen molar-refractivity contribution in [1.29, 1.82) is 0 Å². The first-order valence-electron chi connectivity index (χ1n) is 10.2. The molecule has 4 aromatic carbocycles. The smallest absolute Gasteiger partial charge is 0.394 e. The molecule has 9 heteroatoms. The predicted octanol–water partition coefficient (Wildman–Crippen LogP) is 7.23. The maximum Gasteiger partial charge on any atom is 0.584 e. The SMILES string of the molecule is O=C(c1ccccc1)c1ccc(OP(=O)(O)Oc2ccc(C(=O)c3ccccc3)cc2Br)c(Br)c1. The monoisotopic (exact) mass is 614 g/mol. The fourth-order valence-corrected chi connectivity index (χ4v) is 5.23. The Labute approximate surface area is 218 Å². The van der Waals surface area contributed by atoms with E-state index in [-0.39, 0.29) is 23.1 Å². The quantitative estimate of drug-likeness (QED) is 0.166. The predicted molar refractivity (Wildman–Crippen MR) is 139 cm³/mol. The van der Waals surface area contributed by atoms with Crippen LogP contribution in [0.5, 0.6) is 11.5 Å². The van der Waals surface area contributed by atoms with Gasteiger partial charge in [-0.3, -0.25) is 14.5 Å². The summed E-state index contributed by atoms with van der Waals surface area (Å²) in [6.07, 6.45) is 0. The van der Waals surface area contributed by atoms with Crippen LogP contribution in [0, 0.1) is 0 Å². The Balaban J connectivity index is 1.48. The number of hydrogen-bond acceptors (Lipinski definition) is 5. The molecule has 0 heterocycles. The van der Waals surface area contributed by atoms with Crippen LogP contribution < -0.4 is 9.05 Å². The number of ketones is 2. The number of phosphoric ester groups is 1. The van der Waals surface area contributed by atoms with E-state index in [2.05, 4.69) is 31.9 Å². The average Bonchev–Trinajstić information content (AvgIpc) is 2.86. The van der Waals surface area contributed by atoms with Gasteiger partial charge in [0.1, 0.15) is 11.5 Å². The van der Waals surface area contributed by atoms with Crippen LogP contribution in [0.3, 0.4) is 0 Å². The molecule has 4 rings (SSSR count). The van der Waals surface area contributed by atoms with E-state index in [1.54, 1.807) is 48.5 Å².